The number of benzene rings is 2. The maximum Gasteiger partial charge on any atom is 0.251 e. The van der Waals surface area contributed by atoms with Crippen LogP contribution in [0.4, 0.5) is 0 Å². The van der Waals surface area contributed by atoms with Gasteiger partial charge in [-0.3, -0.25) is 4.79 Å². The van der Waals surface area contributed by atoms with E-state index >= 15 is 0 Å². The first-order valence-electron chi connectivity index (χ1n) is 8.42. The van der Waals surface area contributed by atoms with Gasteiger partial charge >= 0.3 is 0 Å². The van der Waals surface area contributed by atoms with Crippen LogP contribution in [-0.2, 0) is 6.42 Å². The molecule has 0 radical (unpaired) electrons. The van der Waals surface area contributed by atoms with Crippen molar-refractivity contribution in [1.82, 2.24) is 5.32 Å². The normalized spacial score (nSPS) is 11.8. The average Bonchev–Trinajstić information content (AvgIpc) is 2.61. The summed E-state index contributed by atoms with van der Waals surface area (Å²) in [6.07, 6.45) is 2.02. The predicted molar refractivity (Wildman–Crippen MR) is 95.3 cm³/mol. The van der Waals surface area contributed by atoms with Crippen LogP contribution in [0.2, 0.25) is 0 Å². The fraction of sp³-hybridized carbons (Fsp3) is 0.350. The molecule has 0 fully saturated rings. The van der Waals surface area contributed by atoms with Crippen LogP contribution < -0.4 is 10.1 Å². The number of carbonyl (C=O) groups excluding carboxylic acids is 1. The van der Waals surface area contributed by atoms with E-state index in [1.165, 1.54) is 0 Å². The van der Waals surface area contributed by atoms with Gasteiger partial charge in [-0.25, -0.2) is 0 Å². The van der Waals surface area contributed by atoms with Crippen molar-refractivity contribution in [2.45, 2.75) is 32.3 Å². The second kappa shape index (κ2) is 9.73. The van der Waals surface area contributed by atoms with Crippen molar-refractivity contribution in [3.63, 3.8) is 0 Å². The van der Waals surface area contributed by atoms with Crippen LogP contribution in [0.1, 0.15) is 35.7 Å². The zero-order valence-corrected chi connectivity index (χ0v) is 14.1. The third kappa shape index (κ3) is 6.05. The predicted octanol–water partition coefficient (Wildman–Crippen LogP) is 3.20. The average molecular weight is 327 g/mol. The monoisotopic (exact) mass is 327 g/mol. The highest BCUT2D eigenvalue weighted by Crippen LogP contribution is 2.12. The Bertz CT molecular complexity index is 611. The zero-order valence-electron chi connectivity index (χ0n) is 14.1. The number of ether oxygens (including phenoxy) is 1. The van der Waals surface area contributed by atoms with Crippen LogP contribution in [-0.4, -0.2) is 30.3 Å². The van der Waals surface area contributed by atoms with Crippen LogP contribution in [0.15, 0.2) is 54.6 Å². The van der Waals surface area contributed by atoms with Crippen LogP contribution >= 0.6 is 0 Å². The Balaban J connectivity index is 1.77. The van der Waals surface area contributed by atoms with E-state index in [2.05, 4.69) is 12.2 Å². The SMILES string of the molecule is CCCCOc1ccc(C(=O)NCC(O)Cc2ccccc2)cc1. The summed E-state index contributed by atoms with van der Waals surface area (Å²) in [6, 6.07) is 16.8. The van der Waals surface area contributed by atoms with E-state index < -0.39 is 6.10 Å². The molecule has 0 aliphatic carbocycles. The van der Waals surface area contributed by atoms with Crippen molar-refractivity contribution in [2.24, 2.45) is 0 Å². The lowest BCUT2D eigenvalue weighted by Crippen LogP contribution is -2.33. The first kappa shape index (κ1) is 18.0. The smallest absolute Gasteiger partial charge is 0.251 e. The summed E-state index contributed by atoms with van der Waals surface area (Å²) in [6.45, 7) is 3.03. The number of hydrogen-bond acceptors (Lipinski definition) is 3. The molecule has 0 saturated heterocycles. The Morgan fingerprint density at radius 3 is 2.50 bits per heavy atom. The van der Waals surface area contributed by atoms with E-state index in [1.54, 1.807) is 24.3 Å². The van der Waals surface area contributed by atoms with Gasteiger partial charge in [0, 0.05) is 18.5 Å². The lowest BCUT2D eigenvalue weighted by molar-refractivity contribution is 0.0916. The van der Waals surface area contributed by atoms with Crippen LogP contribution in [0, 0.1) is 0 Å². The maximum absolute atomic E-state index is 12.1. The molecule has 2 N–H and O–H groups in total. The fourth-order valence-corrected chi connectivity index (χ4v) is 2.31. The summed E-state index contributed by atoms with van der Waals surface area (Å²) in [5.74, 6) is 0.575. The minimum absolute atomic E-state index is 0.192. The van der Waals surface area contributed by atoms with Crippen molar-refractivity contribution in [3.05, 3.63) is 65.7 Å². The third-order valence-electron chi connectivity index (χ3n) is 3.70. The standard InChI is InChI=1S/C20H25NO3/c1-2-3-13-24-19-11-9-17(10-12-19)20(23)21-15-18(22)14-16-7-5-4-6-8-16/h4-12,18,22H,2-3,13-15H2,1H3,(H,21,23). The minimum atomic E-state index is -0.604. The molecule has 4 heteroatoms. The number of amides is 1. The number of hydrogen-bond donors (Lipinski definition) is 2. The second-order valence-electron chi connectivity index (χ2n) is 5.78. The van der Waals surface area contributed by atoms with E-state index in [9.17, 15) is 9.90 Å². The van der Waals surface area contributed by atoms with Crippen LogP contribution in [0.5, 0.6) is 5.75 Å². The molecule has 2 aromatic carbocycles. The van der Waals surface area contributed by atoms with Gasteiger partial charge in [-0.05, 0) is 36.2 Å². The van der Waals surface area contributed by atoms with Gasteiger partial charge < -0.3 is 15.2 Å². The van der Waals surface area contributed by atoms with Gasteiger partial charge in [-0.15, -0.1) is 0 Å². The van der Waals surface area contributed by atoms with E-state index in [0.717, 1.165) is 24.2 Å². The number of aliphatic hydroxyl groups is 1. The quantitative estimate of drug-likeness (QED) is 0.695. The van der Waals surface area contributed by atoms with Crippen LogP contribution in [0.3, 0.4) is 0 Å². The summed E-state index contributed by atoms with van der Waals surface area (Å²) in [5, 5.41) is 12.8. The van der Waals surface area contributed by atoms with E-state index in [1.807, 2.05) is 30.3 Å². The summed E-state index contributed by atoms with van der Waals surface area (Å²) in [5.41, 5.74) is 1.61. The van der Waals surface area contributed by atoms with E-state index in [0.29, 0.717) is 18.6 Å². The number of nitrogens with one attached hydrogen (secondary N) is 1. The van der Waals surface area contributed by atoms with Crippen LogP contribution in [0.25, 0.3) is 0 Å². The van der Waals surface area contributed by atoms with E-state index in [-0.39, 0.29) is 12.5 Å². The van der Waals surface area contributed by atoms with Crippen molar-refractivity contribution in [3.8, 4) is 5.75 Å². The summed E-state index contributed by atoms with van der Waals surface area (Å²) >= 11 is 0. The zero-order chi connectivity index (χ0) is 17.2. The number of carbonyl (C=O) groups is 1. The van der Waals surface area contributed by atoms with Gasteiger partial charge in [0.05, 0.1) is 12.7 Å². The first-order valence-corrected chi connectivity index (χ1v) is 8.42. The Labute approximate surface area is 143 Å². The molecule has 0 spiro atoms. The number of unbranched alkanes of at least 4 members (excludes halogenated alkanes) is 1. The van der Waals surface area contributed by atoms with Gasteiger partial charge in [-0.1, -0.05) is 43.7 Å². The lowest BCUT2D eigenvalue weighted by Gasteiger charge is -2.12. The topological polar surface area (TPSA) is 58.6 Å². The molecule has 4 nitrogen and oxygen atoms in total. The molecule has 24 heavy (non-hydrogen) atoms. The molecule has 2 rings (SSSR count). The largest absolute Gasteiger partial charge is 0.494 e. The molecule has 1 unspecified atom stereocenters. The van der Waals surface area contributed by atoms with Crippen molar-refractivity contribution >= 4 is 5.91 Å². The molecule has 0 heterocycles. The molecule has 2 aromatic rings. The molecule has 1 amide bonds. The third-order valence-corrected chi connectivity index (χ3v) is 3.70. The molecular weight excluding hydrogens is 302 g/mol. The molecule has 0 saturated carbocycles. The maximum atomic E-state index is 12.1. The Morgan fingerprint density at radius 1 is 1.12 bits per heavy atom. The molecule has 1 atom stereocenters. The fourth-order valence-electron chi connectivity index (χ4n) is 2.31. The summed E-state index contributed by atoms with van der Waals surface area (Å²) in [4.78, 5) is 12.1. The minimum Gasteiger partial charge on any atom is -0.494 e. The molecule has 0 bridgehead atoms. The first-order chi connectivity index (χ1) is 11.7. The van der Waals surface area contributed by atoms with Crippen molar-refractivity contribution in [2.75, 3.05) is 13.2 Å². The number of aliphatic hydroxyl groups excluding tert-OH is 1. The molecule has 0 aliphatic heterocycles. The highest BCUT2D eigenvalue weighted by atomic mass is 16.5. The molecule has 0 aromatic heterocycles. The second-order valence-corrected chi connectivity index (χ2v) is 5.78. The molecule has 0 aliphatic rings. The highest BCUT2D eigenvalue weighted by Gasteiger charge is 2.10. The lowest BCUT2D eigenvalue weighted by atomic mass is 10.1. The van der Waals surface area contributed by atoms with Gasteiger partial charge in [0.25, 0.3) is 5.91 Å². The van der Waals surface area contributed by atoms with Gasteiger partial charge in [0.1, 0.15) is 5.75 Å². The van der Waals surface area contributed by atoms with Gasteiger partial charge in [0.15, 0.2) is 0 Å². The summed E-state index contributed by atoms with van der Waals surface area (Å²) < 4.78 is 5.57. The Kier molecular flexibility index (Phi) is 7.30. The molecular formula is C20H25NO3. The highest BCUT2D eigenvalue weighted by molar-refractivity contribution is 5.94. The summed E-state index contributed by atoms with van der Waals surface area (Å²) in [7, 11) is 0. The van der Waals surface area contributed by atoms with Crippen molar-refractivity contribution < 1.29 is 14.6 Å². The Morgan fingerprint density at radius 2 is 1.83 bits per heavy atom. The van der Waals surface area contributed by atoms with Gasteiger partial charge in [-0.2, -0.15) is 0 Å². The molecule has 128 valence electrons. The number of rotatable bonds is 9. The van der Waals surface area contributed by atoms with Gasteiger partial charge in [0.2, 0.25) is 0 Å². The Hall–Kier alpha value is -2.33. The van der Waals surface area contributed by atoms with Crippen molar-refractivity contribution in [1.29, 1.82) is 0 Å². The van der Waals surface area contributed by atoms with E-state index in [4.69, 9.17) is 4.74 Å².